The van der Waals surface area contributed by atoms with E-state index in [0.717, 1.165) is 12.1 Å². The van der Waals surface area contributed by atoms with E-state index in [4.69, 9.17) is 0 Å². The number of fused-ring (bicyclic) bond motifs is 1. The molecular weight excluding hydrogens is 402 g/mol. The van der Waals surface area contributed by atoms with E-state index in [1.807, 2.05) is 6.07 Å². The molecule has 0 radical (unpaired) electrons. The van der Waals surface area contributed by atoms with Gasteiger partial charge in [-0.15, -0.1) is 0 Å². The number of halogens is 2. The zero-order valence-corrected chi connectivity index (χ0v) is 17.1. The fraction of sp³-hybridized carbons (Fsp3) is 0.174. The van der Waals surface area contributed by atoms with E-state index in [9.17, 15) is 9.59 Å². The summed E-state index contributed by atoms with van der Waals surface area (Å²) < 4.78 is 33.1. The summed E-state index contributed by atoms with van der Waals surface area (Å²) in [6, 6.07) is 10.6. The van der Waals surface area contributed by atoms with Crippen molar-refractivity contribution in [3.8, 4) is 17.5 Å². The molecule has 0 aliphatic heterocycles. The summed E-state index contributed by atoms with van der Waals surface area (Å²) in [5.74, 6) is 3.40. The Morgan fingerprint density at radius 2 is 1.58 bits per heavy atom. The number of aromatic nitrogens is 4. The van der Waals surface area contributed by atoms with Gasteiger partial charge in [-0.05, 0) is 38.1 Å². The molecule has 2 aromatic heterocycles. The molecule has 31 heavy (non-hydrogen) atoms. The summed E-state index contributed by atoms with van der Waals surface area (Å²) in [4.78, 5) is 26.1. The number of hydrogen-bond donors (Lipinski definition) is 0. The highest BCUT2D eigenvalue weighted by atomic mass is 19.1. The molecule has 8 heteroatoms. The summed E-state index contributed by atoms with van der Waals surface area (Å²) in [7, 11) is 1.53. The van der Waals surface area contributed by atoms with Crippen molar-refractivity contribution >= 4 is 11.0 Å². The highest BCUT2D eigenvalue weighted by Crippen LogP contribution is 2.19. The number of aryl methyl sites for hydroxylation is 1. The van der Waals surface area contributed by atoms with E-state index in [-0.39, 0.29) is 17.1 Å². The van der Waals surface area contributed by atoms with Gasteiger partial charge < -0.3 is 0 Å². The summed E-state index contributed by atoms with van der Waals surface area (Å²) in [5, 5.41) is 4.03. The van der Waals surface area contributed by atoms with Crippen LogP contribution >= 0.6 is 0 Å². The highest BCUT2D eigenvalue weighted by molar-refractivity contribution is 5.74. The van der Waals surface area contributed by atoms with Gasteiger partial charge in [0.2, 0.25) is 0 Å². The second kappa shape index (κ2) is 7.69. The van der Waals surface area contributed by atoms with Crippen LogP contribution in [0, 0.1) is 23.5 Å². The van der Waals surface area contributed by atoms with Crippen molar-refractivity contribution in [2.24, 2.45) is 7.05 Å². The predicted molar refractivity (Wildman–Crippen MR) is 113 cm³/mol. The van der Waals surface area contributed by atoms with Crippen molar-refractivity contribution in [3.63, 3.8) is 0 Å². The van der Waals surface area contributed by atoms with E-state index in [1.165, 1.54) is 22.5 Å². The van der Waals surface area contributed by atoms with Crippen LogP contribution in [0.5, 0.6) is 0 Å². The maximum Gasteiger partial charge on any atom is 0.336 e. The summed E-state index contributed by atoms with van der Waals surface area (Å²) in [6.45, 7) is 3.47. The Balaban J connectivity index is 1.95. The van der Waals surface area contributed by atoms with E-state index < -0.39 is 28.6 Å². The summed E-state index contributed by atoms with van der Waals surface area (Å²) in [5.41, 5.74) is -1.29. The van der Waals surface area contributed by atoms with Crippen LogP contribution in [0.15, 0.2) is 58.3 Å². The van der Waals surface area contributed by atoms with Gasteiger partial charge in [-0.3, -0.25) is 14.0 Å². The molecular formula is C23H18F2N4O2. The normalized spacial score (nSPS) is 11.0. The summed E-state index contributed by atoms with van der Waals surface area (Å²) in [6.07, 6.45) is 1.39. The molecule has 0 bridgehead atoms. The molecule has 6 nitrogen and oxygen atoms in total. The fourth-order valence-electron chi connectivity index (χ4n) is 3.47. The summed E-state index contributed by atoms with van der Waals surface area (Å²) >= 11 is 0. The van der Waals surface area contributed by atoms with Crippen molar-refractivity contribution in [2.75, 3.05) is 0 Å². The number of hydrogen-bond acceptors (Lipinski definition) is 3. The molecule has 0 amide bonds. The van der Waals surface area contributed by atoms with E-state index in [2.05, 4.69) is 16.9 Å². The third-order valence-electron chi connectivity index (χ3n) is 4.86. The van der Waals surface area contributed by atoms with Crippen LogP contribution < -0.4 is 11.2 Å². The number of rotatable bonds is 2. The van der Waals surface area contributed by atoms with Gasteiger partial charge in [0.1, 0.15) is 5.69 Å². The molecule has 4 aromatic rings. The van der Waals surface area contributed by atoms with Crippen LogP contribution in [0.2, 0.25) is 0 Å². The smallest absolute Gasteiger partial charge is 0.287 e. The minimum absolute atomic E-state index is 0.0695. The van der Waals surface area contributed by atoms with Gasteiger partial charge in [-0.1, -0.05) is 30.0 Å². The molecule has 0 saturated heterocycles. The molecule has 2 heterocycles. The van der Waals surface area contributed by atoms with Gasteiger partial charge in [0.05, 0.1) is 11.7 Å². The Kier molecular flexibility index (Phi) is 5.03. The van der Waals surface area contributed by atoms with Crippen LogP contribution in [0.25, 0.3) is 16.7 Å². The van der Waals surface area contributed by atoms with Gasteiger partial charge in [0.25, 0.3) is 5.56 Å². The van der Waals surface area contributed by atoms with Gasteiger partial charge in [0.15, 0.2) is 17.2 Å². The first-order chi connectivity index (χ1) is 14.8. The van der Waals surface area contributed by atoms with Crippen molar-refractivity contribution in [2.45, 2.75) is 19.9 Å². The molecule has 0 fully saturated rings. The second-order valence-corrected chi connectivity index (χ2v) is 7.29. The van der Waals surface area contributed by atoms with E-state index in [0.29, 0.717) is 15.6 Å². The molecule has 0 unspecified atom stereocenters. The van der Waals surface area contributed by atoms with Crippen LogP contribution in [-0.2, 0) is 7.05 Å². The topological polar surface area (TPSA) is 61.8 Å². The first-order valence-corrected chi connectivity index (χ1v) is 9.55. The fourth-order valence-corrected chi connectivity index (χ4v) is 3.47. The predicted octanol–water partition coefficient (Wildman–Crippen LogP) is 3.14. The third-order valence-corrected chi connectivity index (χ3v) is 4.86. The molecule has 0 aliphatic carbocycles. The first-order valence-electron chi connectivity index (χ1n) is 9.55. The van der Waals surface area contributed by atoms with E-state index >= 15 is 8.78 Å². The van der Waals surface area contributed by atoms with Gasteiger partial charge in [-0.2, -0.15) is 5.10 Å². The van der Waals surface area contributed by atoms with Gasteiger partial charge >= 0.3 is 5.69 Å². The minimum atomic E-state index is -1.06. The Bertz CT molecular complexity index is 1460. The Labute approximate surface area is 176 Å². The molecule has 0 spiro atoms. The number of benzene rings is 2. The molecule has 4 rings (SSSR count). The Hall–Kier alpha value is -3.99. The van der Waals surface area contributed by atoms with Crippen LogP contribution in [-0.4, -0.2) is 18.9 Å². The van der Waals surface area contributed by atoms with Crippen LogP contribution in [0.4, 0.5) is 8.78 Å². The maximum absolute atomic E-state index is 15.0. The Morgan fingerprint density at radius 3 is 2.19 bits per heavy atom. The second-order valence-electron chi connectivity index (χ2n) is 7.29. The zero-order chi connectivity index (χ0) is 22.3. The van der Waals surface area contributed by atoms with Gasteiger partial charge in [-0.25, -0.2) is 18.1 Å². The average molecular weight is 420 g/mol. The van der Waals surface area contributed by atoms with Crippen molar-refractivity contribution < 1.29 is 8.78 Å². The molecule has 0 saturated carbocycles. The Morgan fingerprint density at radius 1 is 0.968 bits per heavy atom. The number of nitrogens with zero attached hydrogens (tertiary/aromatic N) is 4. The van der Waals surface area contributed by atoms with Crippen LogP contribution in [0.1, 0.15) is 31.0 Å². The highest BCUT2D eigenvalue weighted by Gasteiger charge is 2.23. The van der Waals surface area contributed by atoms with Crippen molar-refractivity contribution in [1.82, 2.24) is 18.9 Å². The minimum Gasteiger partial charge on any atom is -0.287 e. The first kappa shape index (κ1) is 20.3. The monoisotopic (exact) mass is 420 g/mol. The quantitative estimate of drug-likeness (QED) is 0.468. The van der Waals surface area contributed by atoms with Gasteiger partial charge in [0, 0.05) is 24.2 Å². The lowest BCUT2D eigenvalue weighted by Crippen LogP contribution is -2.40. The standard InChI is InChI=1S/C23H18F2N4O2/c1-14(2)28-19-13-26-27(3)21(19)22(30)29(23(28)31)20-17(24)11-16(12-18(20)25)10-9-15-7-5-4-6-8-15/h4-8,11-14H,1-3H3. The lowest BCUT2D eigenvalue weighted by Gasteiger charge is -2.16. The average Bonchev–Trinajstić information content (AvgIpc) is 3.10. The third kappa shape index (κ3) is 3.44. The lowest BCUT2D eigenvalue weighted by atomic mass is 10.1. The van der Waals surface area contributed by atoms with Crippen molar-refractivity contribution in [1.29, 1.82) is 0 Å². The zero-order valence-electron chi connectivity index (χ0n) is 17.1. The largest absolute Gasteiger partial charge is 0.336 e. The molecule has 0 aliphatic rings. The van der Waals surface area contributed by atoms with E-state index in [1.54, 1.807) is 38.1 Å². The molecule has 2 aromatic carbocycles. The maximum atomic E-state index is 15.0. The molecule has 156 valence electrons. The molecule has 0 N–H and O–H groups in total. The van der Waals surface area contributed by atoms with Crippen LogP contribution in [0.3, 0.4) is 0 Å². The SMILES string of the molecule is CC(C)n1c(=O)n(-c2c(F)cc(C#Cc3ccccc3)cc2F)c(=O)c2c1cnn2C. The van der Waals surface area contributed by atoms with Crippen molar-refractivity contribution in [3.05, 3.63) is 92.3 Å². The lowest BCUT2D eigenvalue weighted by molar-refractivity contribution is 0.535. The molecule has 0 atom stereocenters.